The molecule has 2 aromatic heterocycles. The summed E-state index contributed by atoms with van der Waals surface area (Å²) >= 11 is 0. The van der Waals surface area contributed by atoms with Gasteiger partial charge in [0.15, 0.2) is 6.23 Å². The van der Waals surface area contributed by atoms with Crippen molar-refractivity contribution in [1.82, 2.24) is 29.5 Å². The molecule has 0 N–H and O–H groups in total. The van der Waals surface area contributed by atoms with Crippen LogP contribution in [-0.4, -0.2) is 106 Å². The van der Waals surface area contributed by atoms with E-state index in [9.17, 15) is 10.1 Å². The van der Waals surface area contributed by atoms with E-state index in [0.29, 0.717) is 44.8 Å². The Morgan fingerprint density at radius 1 is 1.06 bits per heavy atom. The predicted octanol–water partition coefficient (Wildman–Crippen LogP) is 5.21. The van der Waals surface area contributed by atoms with Gasteiger partial charge in [0.25, 0.3) is 0 Å². The number of amides is 1. The fraction of sp³-hybridized carbons (Fsp3) is 0.649. The summed E-state index contributed by atoms with van der Waals surface area (Å²) in [4.78, 5) is 31.9. The highest BCUT2D eigenvalue weighted by Gasteiger charge is 2.36. The maximum Gasteiger partial charge on any atom is 0.410 e. The SMILES string of the molecule is Cc1ccc2c(cnn2C2CCCCO2)c1N1CCc2c(nc(OC[C@@H]3CCCN3C)nc2N2CCN(C(=O)OC(C)(C)C)[C@@H](CC#N)C2)C1. The van der Waals surface area contributed by atoms with Gasteiger partial charge in [-0.05, 0) is 91.4 Å². The van der Waals surface area contributed by atoms with Crippen LogP contribution in [0.15, 0.2) is 18.3 Å². The Bertz CT molecular complexity index is 1740. The first kappa shape index (κ1) is 34.3. The first-order valence-corrected chi connectivity index (χ1v) is 18.3. The number of nitrogens with zero attached hydrogens (tertiary/aromatic N) is 9. The Kier molecular flexibility index (Phi) is 9.76. The summed E-state index contributed by atoms with van der Waals surface area (Å²) < 4.78 is 20.3. The average Bonchev–Trinajstić information content (AvgIpc) is 3.72. The van der Waals surface area contributed by atoms with Gasteiger partial charge in [0.2, 0.25) is 0 Å². The van der Waals surface area contributed by atoms with Crippen molar-refractivity contribution in [3.63, 3.8) is 0 Å². The lowest BCUT2D eigenvalue weighted by Crippen LogP contribution is -2.56. The Labute approximate surface area is 295 Å². The molecule has 1 aromatic carbocycles. The van der Waals surface area contributed by atoms with Gasteiger partial charge in [-0.3, -0.25) is 0 Å². The van der Waals surface area contributed by atoms with E-state index < -0.39 is 5.60 Å². The molecule has 7 rings (SSSR count). The van der Waals surface area contributed by atoms with E-state index in [2.05, 4.69) is 51.6 Å². The highest BCUT2D eigenvalue weighted by atomic mass is 16.6. The second-order valence-electron chi connectivity index (χ2n) is 15.2. The van der Waals surface area contributed by atoms with Crippen LogP contribution in [0.2, 0.25) is 0 Å². The minimum Gasteiger partial charge on any atom is -0.462 e. The number of benzene rings is 1. The summed E-state index contributed by atoms with van der Waals surface area (Å²) in [5, 5.41) is 15.7. The van der Waals surface area contributed by atoms with Crippen LogP contribution in [0, 0.1) is 18.3 Å². The normalized spacial score (nSPS) is 23.2. The van der Waals surface area contributed by atoms with E-state index in [1.165, 1.54) is 11.3 Å². The van der Waals surface area contributed by atoms with Crippen molar-refractivity contribution in [2.24, 2.45) is 0 Å². The molecule has 6 heterocycles. The molecule has 13 heteroatoms. The number of aromatic nitrogens is 4. The van der Waals surface area contributed by atoms with Crippen LogP contribution in [-0.2, 0) is 22.4 Å². The number of hydrogen-bond acceptors (Lipinski definition) is 11. The largest absolute Gasteiger partial charge is 0.462 e. The predicted molar refractivity (Wildman–Crippen MR) is 190 cm³/mol. The number of likely N-dealkylation sites (tertiary alicyclic amines) is 1. The fourth-order valence-corrected chi connectivity index (χ4v) is 7.94. The summed E-state index contributed by atoms with van der Waals surface area (Å²) in [6.45, 7) is 13.0. The Morgan fingerprint density at radius 2 is 1.92 bits per heavy atom. The molecule has 3 atom stereocenters. The lowest BCUT2D eigenvalue weighted by Gasteiger charge is -2.42. The van der Waals surface area contributed by atoms with E-state index in [1.54, 1.807) is 4.90 Å². The Morgan fingerprint density at radius 3 is 2.66 bits per heavy atom. The van der Waals surface area contributed by atoms with Crippen molar-refractivity contribution < 1.29 is 19.0 Å². The minimum absolute atomic E-state index is 0.0338. The molecule has 0 aliphatic carbocycles. The molecule has 268 valence electrons. The number of nitriles is 1. The highest BCUT2D eigenvalue weighted by Crippen LogP contribution is 2.38. The molecule has 3 aromatic rings. The van der Waals surface area contributed by atoms with Crippen LogP contribution in [0.5, 0.6) is 6.01 Å². The Hall–Kier alpha value is -4.15. The molecule has 0 saturated carbocycles. The molecule has 4 aliphatic heterocycles. The van der Waals surface area contributed by atoms with Crippen LogP contribution < -0.4 is 14.5 Å². The maximum absolute atomic E-state index is 13.2. The van der Waals surface area contributed by atoms with Gasteiger partial charge in [0.1, 0.15) is 18.0 Å². The number of fused-ring (bicyclic) bond motifs is 2. The first-order valence-electron chi connectivity index (χ1n) is 18.3. The van der Waals surface area contributed by atoms with E-state index in [0.717, 1.165) is 86.2 Å². The molecule has 3 saturated heterocycles. The van der Waals surface area contributed by atoms with Crippen molar-refractivity contribution >= 4 is 28.5 Å². The molecule has 1 amide bonds. The van der Waals surface area contributed by atoms with Crippen LogP contribution in [0.4, 0.5) is 16.3 Å². The number of hydrogen-bond donors (Lipinski definition) is 0. The smallest absolute Gasteiger partial charge is 0.410 e. The summed E-state index contributed by atoms with van der Waals surface area (Å²) in [5.74, 6) is 0.841. The van der Waals surface area contributed by atoms with E-state index in [4.69, 9.17) is 29.3 Å². The number of ether oxygens (including phenoxy) is 3. The third-order valence-electron chi connectivity index (χ3n) is 10.5. The van der Waals surface area contributed by atoms with Gasteiger partial charge in [-0.2, -0.15) is 20.3 Å². The fourth-order valence-electron chi connectivity index (χ4n) is 7.94. The molecule has 13 nitrogen and oxygen atoms in total. The van der Waals surface area contributed by atoms with Crippen molar-refractivity contribution in [3.8, 4) is 12.1 Å². The quantitative estimate of drug-likeness (QED) is 0.326. The number of anilines is 2. The summed E-state index contributed by atoms with van der Waals surface area (Å²) in [7, 11) is 2.14. The second-order valence-corrected chi connectivity index (χ2v) is 15.2. The van der Waals surface area contributed by atoms with Gasteiger partial charge in [-0.1, -0.05) is 6.07 Å². The molecule has 4 aliphatic rings. The number of likely N-dealkylation sites (N-methyl/N-ethyl adjacent to an activating group) is 1. The summed E-state index contributed by atoms with van der Waals surface area (Å²) in [6.07, 6.45) is 7.99. The van der Waals surface area contributed by atoms with Crippen molar-refractivity contribution in [2.75, 3.05) is 62.8 Å². The third-order valence-corrected chi connectivity index (χ3v) is 10.5. The summed E-state index contributed by atoms with van der Waals surface area (Å²) in [6, 6.07) is 7.03. The average molecular weight is 686 g/mol. The molecule has 0 spiro atoms. The second kappa shape index (κ2) is 14.2. The van der Waals surface area contributed by atoms with Gasteiger partial charge in [-0.15, -0.1) is 0 Å². The lowest BCUT2D eigenvalue weighted by atomic mass is 10.0. The molecule has 0 bridgehead atoms. The van der Waals surface area contributed by atoms with E-state index in [1.807, 2.05) is 27.0 Å². The number of carbonyl (C=O) groups excluding carboxylic acids is 1. The van der Waals surface area contributed by atoms with Gasteiger partial charge < -0.3 is 33.8 Å². The number of aryl methyl sites for hydroxylation is 1. The monoisotopic (exact) mass is 685 g/mol. The first-order chi connectivity index (χ1) is 24.1. The highest BCUT2D eigenvalue weighted by molar-refractivity contribution is 5.94. The third kappa shape index (κ3) is 7.05. The van der Waals surface area contributed by atoms with Crippen LogP contribution in [0.1, 0.15) is 82.3 Å². The minimum atomic E-state index is -0.617. The molecular formula is C37H51N9O4. The maximum atomic E-state index is 13.2. The molecule has 1 unspecified atom stereocenters. The number of rotatable bonds is 7. The lowest BCUT2D eigenvalue weighted by molar-refractivity contribution is -0.0366. The molecule has 3 fully saturated rings. The van der Waals surface area contributed by atoms with Crippen molar-refractivity contribution in [2.45, 2.75) is 103 Å². The topological polar surface area (TPSA) is 125 Å². The molecule has 50 heavy (non-hydrogen) atoms. The van der Waals surface area contributed by atoms with Crippen molar-refractivity contribution in [1.29, 1.82) is 5.26 Å². The summed E-state index contributed by atoms with van der Waals surface area (Å²) in [5.41, 5.74) is 4.88. The Balaban J connectivity index is 1.20. The van der Waals surface area contributed by atoms with Crippen molar-refractivity contribution in [3.05, 3.63) is 35.2 Å². The molecular weight excluding hydrogens is 634 g/mol. The van der Waals surface area contributed by atoms with E-state index >= 15 is 0 Å². The van der Waals surface area contributed by atoms with Gasteiger partial charge in [-0.25, -0.2) is 9.48 Å². The van der Waals surface area contributed by atoms with Crippen LogP contribution in [0.25, 0.3) is 10.9 Å². The number of carbonyl (C=O) groups is 1. The van der Waals surface area contributed by atoms with Crippen LogP contribution in [0.3, 0.4) is 0 Å². The zero-order valence-corrected chi connectivity index (χ0v) is 30.2. The van der Waals surface area contributed by atoms with Gasteiger partial charge >= 0.3 is 12.1 Å². The number of piperazine rings is 1. The van der Waals surface area contributed by atoms with Gasteiger partial charge in [0.05, 0.1) is 48.2 Å². The zero-order valence-electron chi connectivity index (χ0n) is 30.2. The van der Waals surface area contributed by atoms with Crippen LogP contribution >= 0.6 is 0 Å². The van der Waals surface area contributed by atoms with E-state index in [-0.39, 0.29) is 24.8 Å². The standard InChI is InChI=1S/C37H51N9O4/c1-25-11-12-31-29(21-39-46(31)32-10-6-7-20-48-32)33(25)43-17-14-28-30(23-43)40-35(49-24-27-9-8-16-42(27)5)41-34(28)44-18-19-45(26(22-44)13-15-38)36(47)50-37(2,3)4/h11-12,21,26-27,32H,6-10,13-14,16-20,22-24H2,1-5H3/t26-,27-,32?/m0/s1. The zero-order chi connectivity index (χ0) is 35.0. The van der Waals surface area contributed by atoms with Gasteiger partial charge in [0, 0.05) is 49.8 Å². The molecule has 0 radical (unpaired) electrons.